The lowest BCUT2D eigenvalue weighted by Gasteiger charge is -2.14. The molecule has 0 fully saturated rings. The topological polar surface area (TPSA) is 72.9 Å². The number of hydrogen-bond acceptors (Lipinski definition) is 3. The van der Waals surface area contributed by atoms with E-state index in [0.717, 1.165) is 6.07 Å². The number of carbonyl (C=O) groups is 1. The SMILES string of the molecule is CNCc1ccc(-n2cc(C(N)=O)cn2)cc1C(F)(F)F. The molecule has 112 valence electrons. The number of nitrogens with two attached hydrogens (primary N) is 1. The fraction of sp³-hybridized carbons (Fsp3) is 0.231. The maximum absolute atomic E-state index is 13.1. The van der Waals surface area contributed by atoms with Gasteiger partial charge >= 0.3 is 6.18 Å². The lowest BCUT2D eigenvalue weighted by Crippen LogP contribution is -2.15. The minimum Gasteiger partial charge on any atom is -0.366 e. The first kappa shape index (κ1) is 15.0. The third-order valence-electron chi connectivity index (χ3n) is 2.90. The summed E-state index contributed by atoms with van der Waals surface area (Å²) in [4.78, 5) is 11.0. The second-order valence-corrected chi connectivity index (χ2v) is 4.41. The monoisotopic (exact) mass is 298 g/mol. The van der Waals surface area contributed by atoms with E-state index < -0.39 is 17.6 Å². The van der Waals surface area contributed by atoms with Gasteiger partial charge in [-0.2, -0.15) is 18.3 Å². The van der Waals surface area contributed by atoms with Gasteiger partial charge in [0.05, 0.1) is 23.0 Å². The Bertz CT molecular complexity index is 664. The number of halogens is 3. The van der Waals surface area contributed by atoms with Crippen LogP contribution in [0.25, 0.3) is 5.69 Å². The first-order valence-electron chi connectivity index (χ1n) is 6.02. The molecule has 0 spiro atoms. The van der Waals surface area contributed by atoms with Crippen LogP contribution in [0, 0.1) is 0 Å². The van der Waals surface area contributed by atoms with Crippen molar-refractivity contribution in [3.8, 4) is 5.69 Å². The molecule has 1 aromatic heterocycles. The van der Waals surface area contributed by atoms with E-state index in [1.165, 1.54) is 29.2 Å². The maximum atomic E-state index is 13.1. The van der Waals surface area contributed by atoms with E-state index >= 15 is 0 Å². The number of hydrogen-bond donors (Lipinski definition) is 2. The van der Waals surface area contributed by atoms with Gasteiger partial charge in [0.15, 0.2) is 0 Å². The Morgan fingerprint density at radius 2 is 2.14 bits per heavy atom. The molecule has 21 heavy (non-hydrogen) atoms. The molecule has 0 atom stereocenters. The van der Waals surface area contributed by atoms with Gasteiger partial charge in [0.2, 0.25) is 0 Å². The summed E-state index contributed by atoms with van der Waals surface area (Å²) in [6.45, 7) is 0.0980. The summed E-state index contributed by atoms with van der Waals surface area (Å²) < 4.78 is 40.4. The van der Waals surface area contributed by atoms with Crippen LogP contribution < -0.4 is 11.1 Å². The molecule has 0 unspecified atom stereocenters. The van der Waals surface area contributed by atoms with Gasteiger partial charge in [-0.15, -0.1) is 0 Å². The number of primary amides is 1. The Labute approximate surface area is 118 Å². The summed E-state index contributed by atoms with van der Waals surface area (Å²) >= 11 is 0. The van der Waals surface area contributed by atoms with Crippen LogP contribution in [0.2, 0.25) is 0 Å². The smallest absolute Gasteiger partial charge is 0.366 e. The Morgan fingerprint density at radius 3 is 2.67 bits per heavy atom. The molecule has 5 nitrogen and oxygen atoms in total. The predicted octanol–water partition coefficient (Wildman–Crippen LogP) is 1.71. The van der Waals surface area contributed by atoms with Gasteiger partial charge in [-0.1, -0.05) is 6.07 Å². The van der Waals surface area contributed by atoms with Gasteiger partial charge in [0, 0.05) is 12.7 Å². The van der Waals surface area contributed by atoms with Crippen molar-refractivity contribution >= 4 is 5.91 Å². The zero-order valence-corrected chi connectivity index (χ0v) is 11.1. The van der Waals surface area contributed by atoms with Crippen LogP contribution in [-0.4, -0.2) is 22.7 Å². The zero-order valence-electron chi connectivity index (χ0n) is 11.1. The Balaban J connectivity index is 2.47. The molecule has 0 radical (unpaired) electrons. The highest BCUT2D eigenvalue weighted by molar-refractivity contribution is 5.92. The maximum Gasteiger partial charge on any atom is 0.416 e. The third-order valence-corrected chi connectivity index (χ3v) is 2.90. The number of aromatic nitrogens is 2. The van der Waals surface area contributed by atoms with Crippen LogP contribution >= 0.6 is 0 Å². The molecule has 0 aliphatic rings. The molecule has 0 aliphatic heterocycles. The van der Waals surface area contributed by atoms with Gasteiger partial charge < -0.3 is 11.1 Å². The molecular formula is C13H13F3N4O. The second kappa shape index (κ2) is 5.57. The van der Waals surface area contributed by atoms with Gasteiger partial charge in [-0.25, -0.2) is 4.68 Å². The Hall–Kier alpha value is -2.35. The van der Waals surface area contributed by atoms with Crippen molar-refractivity contribution < 1.29 is 18.0 Å². The van der Waals surface area contributed by atoms with Crippen LogP contribution in [0.4, 0.5) is 13.2 Å². The van der Waals surface area contributed by atoms with Gasteiger partial charge in [-0.05, 0) is 24.7 Å². The first-order valence-corrected chi connectivity index (χ1v) is 6.02. The zero-order chi connectivity index (χ0) is 15.6. The number of rotatable bonds is 4. The molecule has 0 aliphatic carbocycles. The van der Waals surface area contributed by atoms with Crippen molar-refractivity contribution in [2.75, 3.05) is 7.05 Å². The molecule has 1 aromatic carbocycles. The molecule has 1 amide bonds. The summed E-state index contributed by atoms with van der Waals surface area (Å²) in [6, 6.07) is 3.87. The van der Waals surface area contributed by atoms with Crippen molar-refractivity contribution in [1.29, 1.82) is 0 Å². The van der Waals surface area contributed by atoms with Crippen LogP contribution in [0.1, 0.15) is 21.5 Å². The van der Waals surface area contributed by atoms with E-state index in [1.54, 1.807) is 7.05 Å². The minimum atomic E-state index is -4.47. The van der Waals surface area contributed by atoms with E-state index in [1.807, 2.05) is 0 Å². The van der Waals surface area contributed by atoms with Crippen molar-refractivity contribution in [3.05, 3.63) is 47.3 Å². The lowest BCUT2D eigenvalue weighted by atomic mass is 10.1. The number of nitrogens with one attached hydrogen (secondary N) is 1. The summed E-state index contributed by atoms with van der Waals surface area (Å²) in [5, 5.41) is 6.53. The predicted molar refractivity (Wildman–Crippen MR) is 69.8 cm³/mol. The van der Waals surface area contributed by atoms with Gasteiger partial charge in [-0.3, -0.25) is 4.79 Å². The molecule has 0 saturated carbocycles. The number of benzene rings is 1. The van der Waals surface area contributed by atoms with Crippen LogP contribution in [0.3, 0.4) is 0 Å². The molecular weight excluding hydrogens is 285 g/mol. The molecule has 8 heteroatoms. The summed E-state index contributed by atoms with van der Waals surface area (Å²) in [5.74, 6) is -0.691. The van der Waals surface area contributed by atoms with E-state index in [4.69, 9.17) is 5.73 Å². The van der Waals surface area contributed by atoms with Crippen molar-refractivity contribution in [2.45, 2.75) is 12.7 Å². The van der Waals surface area contributed by atoms with Crippen LogP contribution in [-0.2, 0) is 12.7 Å². The van der Waals surface area contributed by atoms with Crippen molar-refractivity contribution in [1.82, 2.24) is 15.1 Å². The highest BCUT2D eigenvalue weighted by atomic mass is 19.4. The number of amides is 1. The standard InChI is InChI=1S/C13H13F3N4O/c1-18-5-8-2-3-10(4-11(8)13(14,15)16)20-7-9(6-19-20)12(17)21/h2-4,6-7,18H,5H2,1H3,(H2,17,21). The Morgan fingerprint density at radius 1 is 1.43 bits per heavy atom. The third kappa shape index (κ3) is 3.22. The highest BCUT2D eigenvalue weighted by Crippen LogP contribution is 2.33. The summed E-state index contributed by atoms with van der Waals surface area (Å²) in [6.07, 6.45) is -1.98. The van der Waals surface area contributed by atoms with E-state index in [9.17, 15) is 18.0 Å². The second-order valence-electron chi connectivity index (χ2n) is 4.41. The van der Waals surface area contributed by atoms with Gasteiger partial charge in [0.25, 0.3) is 5.91 Å². The lowest BCUT2D eigenvalue weighted by molar-refractivity contribution is -0.138. The average Bonchev–Trinajstić information content (AvgIpc) is 2.88. The van der Waals surface area contributed by atoms with E-state index in [2.05, 4.69) is 10.4 Å². The van der Waals surface area contributed by atoms with Crippen molar-refractivity contribution in [3.63, 3.8) is 0 Å². The molecule has 2 rings (SSSR count). The molecule has 2 aromatic rings. The van der Waals surface area contributed by atoms with Crippen LogP contribution in [0.5, 0.6) is 0 Å². The van der Waals surface area contributed by atoms with Crippen LogP contribution in [0.15, 0.2) is 30.6 Å². The van der Waals surface area contributed by atoms with Gasteiger partial charge in [0.1, 0.15) is 0 Å². The first-order chi connectivity index (χ1) is 9.82. The number of alkyl halides is 3. The summed E-state index contributed by atoms with van der Waals surface area (Å²) in [7, 11) is 1.57. The molecule has 3 N–H and O–H groups in total. The fourth-order valence-corrected chi connectivity index (χ4v) is 1.91. The largest absolute Gasteiger partial charge is 0.416 e. The normalized spacial score (nSPS) is 11.6. The highest BCUT2D eigenvalue weighted by Gasteiger charge is 2.33. The molecule has 0 saturated heterocycles. The van der Waals surface area contributed by atoms with E-state index in [-0.39, 0.29) is 23.4 Å². The number of carbonyl (C=O) groups excluding carboxylic acids is 1. The molecule has 0 bridgehead atoms. The average molecular weight is 298 g/mol. The number of nitrogens with zero attached hydrogens (tertiary/aromatic N) is 2. The summed E-state index contributed by atoms with van der Waals surface area (Å²) in [5.41, 5.74) is 4.81. The molecule has 1 heterocycles. The van der Waals surface area contributed by atoms with Crippen molar-refractivity contribution in [2.24, 2.45) is 5.73 Å². The quantitative estimate of drug-likeness (QED) is 0.902. The Kier molecular flexibility index (Phi) is 3.99. The fourth-order valence-electron chi connectivity index (χ4n) is 1.91. The van der Waals surface area contributed by atoms with E-state index in [0.29, 0.717) is 0 Å². The minimum absolute atomic E-state index is 0.0980.